The number of carbonyl (C=O) groups is 2. The van der Waals surface area contributed by atoms with Crippen LogP contribution in [0.25, 0.3) is 0 Å². The summed E-state index contributed by atoms with van der Waals surface area (Å²) in [7, 11) is 0. The molecule has 2 aliphatic rings. The molecule has 0 spiro atoms. The van der Waals surface area contributed by atoms with E-state index >= 15 is 0 Å². The number of ketones is 1. The predicted molar refractivity (Wildman–Crippen MR) is 92.1 cm³/mol. The first-order chi connectivity index (χ1) is 13.4. The van der Waals surface area contributed by atoms with E-state index in [-0.39, 0.29) is 41.8 Å². The van der Waals surface area contributed by atoms with Gasteiger partial charge in [0.25, 0.3) is 5.91 Å². The highest BCUT2D eigenvalue weighted by molar-refractivity contribution is 6.01. The van der Waals surface area contributed by atoms with E-state index in [1.165, 1.54) is 16.8 Å². The lowest BCUT2D eigenvalue weighted by atomic mass is 9.89. The number of pyridine rings is 1. The van der Waals surface area contributed by atoms with Crippen LogP contribution >= 0.6 is 0 Å². The monoisotopic (exact) mass is 390 g/mol. The third kappa shape index (κ3) is 2.97. The van der Waals surface area contributed by atoms with Crippen LogP contribution in [-0.4, -0.2) is 34.1 Å². The number of nitrogens with one attached hydrogen (secondary N) is 1. The van der Waals surface area contributed by atoms with Crippen LogP contribution in [0.2, 0.25) is 0 Å². The van der Waals surface area contributed by atoms with E-state index in [4.69, 9.17) is 4.74 Å². The zero-order chi connectivity index (χ0) is 20.0. The van der Waals surface area contributed by atoms with Crippen molar-refractivity contribution in [2.45, 2.75) is 25.6 Å². The van der Waals surface area contributed by atoms with Crippen LogP contribution in [0.1, 0.15) is 32.8 Å². The first-order valence-corrected chi connectivity index (χ1v) is 8.71. The number of rotatable bonds is 3. The van der Waals surface area contributed by atoms with Crippen LogP contribution in [0, 0.1) is 17.6 Å². The van der Waals surface area contributed by atoms with Gasteiger partial charge in [-0.25, -0.2) is 8.78 Å². The molecule has 1 saturated heterocycles. The molecule has 146 valence electrons. The van der Waals surface area contributed by atoms with Crippen molar-refractivity contribution < 1.29 is 28.2 Å². The minimum atomic E-state index is -0.978. The van der Waals surface area contributed by atoms with Crippen LogP contribution in [0.15, 0.2) is 29.2 Å². The van der Waals surface area contributed by atoms with Crippen LogP contribution in [0.3, 0.4) is 0 Å². The SMILES string of the molecule is O=C(NCc1ccc(F)cc1F)c1cn2c(c(O)c1=O)C(=O)C1CCOC1C2. The van der Waals surface area contributed by atoms with Crippen LogP contribution in [-0.2, 0) is 17.8 Å². The van der Waals surface area contributed by atoms with E-state index in [0.29, 0.717) is 19.1 Å². The number of halogens is 2. The molecular weight excluding hydrogens is 374 g/mol. The van der Waals surface area contributed by atoms with Crippen molar-refractivity contribution in [2.75, 3.05) is 6.61 Å². The molecule has 2 aliphatic heterocycles. The van der Waals surface area contributed by atoms with Crippen LogP contribution in [0.4, 0.5) is 8.78 Å². The molecule has 1 aromatic heterocycles. The highest BCUT2D eigenvalue weighted by atomic mass is 19.1. The van der Waals surface area contributed by atoms with Gasteiger partial charge >= 0.3 is 0 Å². The average molecular weight is 390 g/mol. The number of amides is 1. The highest BCUT2D eigenvalue weighted by Crippen LogP contribution is 2.33. The molecule has 7 nitrogen and oxygen atoms in total. The molecule has 1 aromatic carbocycles. The summed E-state index contributed by atoms with van der Waals surface area (Å²) >= 11 is 0. The molecule has 0 aliphatic carbocycles. The van der Waals surface area contributed by atoms with Crippen molar-refractivity contribution in [2.24, 2.45) is 5.92 Å². The second kappa shape index (κ2) is 6.83. The summed E-state index contributed by atoms with van der Waals surface area (Å²) < 4.78 is 33.5. The van der Waals surface area contributed by atoms with Crippen molar-refractivity contribution in [1.29, 1.82) is 0 Å². The highest BCUT2D eigenvalue weighted by Gasteiger charge is 2.42. The van der Waals surface area contributed by atoms with Gasteiger partial charge in [0.2, 0.25) is 5.43 Å². The standard InChI is InChI=1S/C19H16F2N2O5/c20-10-2-1-9(13(21)5-10)6-22-19(27)12-7-23-8-14-11(3-4-28-14)16(24)15(23)18(26)17(12)25/h1-2,5,7,11,14,26H,3-4,6,8H2,(H,22,27). The first kappa shape index (κ1) is 18.3. The topological polar surface area (TPSA) is 97.6 Å². The summed E-state index contributed by atoms with van der Waals surface area (Å²) in [5.74, 6) is -4.00. The number of benzene rings is 1. The van der Waals surface area contributed by atoms with Gasteiger partial charge < -0.3 is 19.7 Å². The summed E-state index contributed by atoms with van der Waals surface area (Å²) in [5.41, 5.74) is -1.45. The van der Waals surface area contributed by atoms with E-state index in [9.17, 15) is 28.3 Å². The Bertz CT molecular complexity index is 1050. The van der Waals surface area contributed by atoms with Crippen molar-refractivity contribution in [3.63, 3.8) is 0 Å². The largest absolute Gasteiger partial charge is 0.503 e. The molecule has 1 fully saturated rings. The second-order valence-electron chi connectivity index (χ2n) is 6.81. The quantitative estimate of drug-likeness (QED) is 0.825. The molecule has 0 bridgehead atoms. The van der Waals surface area contributed by atoms with Gasteiger partial charge in [0.1, 0.15) is 22.9 Å². The normalized spacial score (nSPS) is 20.6. The van der Waals surface area contributed by atoms with Crippen LogP contribution in [0.5, 0.6) is 5.75 Å². The van der Waals surface area contributed by atoms with Crippen LogP contribution < -0.4 is 10.7 Å². The van der Waals surface area contributed by atoms with Gasteiger partial charge in [-0.2, -0.15) is 0 Å². The van der Waals surface area contributed by atoms with Gasteiger partial charge in [-0.05, 0) is 12.5 Å². The fourth-order valence-corrected chi connectivity index (χ4v) is 3.65. The zero-order valence-electron chi connectivity index (χ0n) is 14.6. The van der Waals surface area contributed by atoms with Crippen molar-refractivity contribution in [3.05, 3.63) is 63.1 Å². The van der Waals surface area contributed by atoms with Gasteiger partial charge in [-0.3, -0.25) is 14.4 Å². The molecule has 1 amide bonds. The van der Waals surface area contributed by atoms with E-state index in [2.05, 4.69) is 5.32 Å². The predicted octanol–water partition coefficient (Wildman–Crippen LogP) is 1.36. The molecule has 2 N–H and O–H groups in total. The lowest BCUT2D eigenvalue weighted by Gasteiger charge is -2.28. The summed E-state index contributed by atoms with van der Waals surface area (Å²) in [6, 6.07) is 2.91. The Balaban J connectivity index is 1.62. The van der Waals surface area contributed by atoms with Crippen molar-refractivity contribution >= 4 is 11.7 Å². The molecule has 9 heteroatoms. The number of hydrogen-bond donors (Lipinski definition) is 2. The van der Waals surface area contributed by atoms with Crippen molar-refractivity contribution in [3.8, 4) is 5.75 Å². The van der Waals surface area contributed by atoms with E-state index in [1.54, 1.807) is 0 Å². The fourth-order valence-electron chi connectivity index (χ4n) is 3.65. The molecule has 4 rings (SSSR count). The smallest absolute Gasteiger partial charge is 0.257 e. The summed E-state index contributed by atoms with van der Waals surface area (Å²) in [6.45, 7) is 0.364. The number of Topliss-reactive ketones (excluding diaryl/α,β-unsaturated/α-hetero) is 1. The van der Waals surface area contributed by atoms with Gasteiger partial charge in [0.15, 0.2) is 11.5 Å². The molecule has 2 unspecified atom stereocenters. The Morgan fingerprint density at radius 1 is 1.32 bits per heavy atom. The van der Waals surface area contributed by atoms with E-state index in [1.807, 2.05) is 0 Å². The summed E-state index contributed by atoms with van der Waals surface area (Å²) in [4.78, 5) is 37.4. The maximum atomic E-state index is 13.7. The van der Waals surface area contributed by atoms with Crippen molar-refractivity contribution in [1.82, 2.24) is 9.88 Å². The maximum absolute atomic E-state index is 13.7. The number of ether oxygens (including phenoxy) is 1. The van der Waals surface area contributed by atoms with Gasteiger partial charge in [0, 0.05) is 37.5 Å². The maximum Gasteiger partial charge on any atom is 0.257 e. The lowest BCUT2D eigenvalue weighted by Crippen LogP contribution is -2.39. The molecule has 2 aromatic rings. The Kier molecular flexibility index (Phi) is 4.46. The minimum absolute atomic E-state index is 0.0365. The molecule has 28 heavy (non-hydrogen) atoms. The number of aromatic nitrogens is 1. The molecular formula is C19H16F2N2O5. The third-order valence-electron chi connectivity index (χ3n) is 5.11. The number of carbonyl (C=O) groups excluding carboxylic acids is 2. The van der Waals surface area contributed by atoms with Gasteiger partial charge in [-0.15, -0.1) is 0 Å². The second-order valence-corrected chi connectivity index (χ2v) is 6.81. The summed E-state index contributed by atoms with van der Waals surface area (Å²) in [6.07, 6.45) is 1.35. The van der Waals surface area contributed by atoms with E-state index in [0.717, 1.165) is 6.07 Å². The molecule has 3 heterocycles. The first-order valence-electron chi connectivity index (χ1n) is 8.71. The average Bonchev–Trinajstić information content (AvgIpc) is 3.12. The zero-order valence-corrected chi connectivity index (χ0v) is 14.6. The number of aromatic hydroxyl groups is 1. The molecule has 0 radical (unpaired) electrons. The Labute approximate surface area is 157 Å². The van der Waals surface area contributed by atoms with E-state index < -0.39 is 34.6 Å². The number of fused-ring (bicyclic) bond motifs is 2. The Hall–Kier alpha value is -3.07. The lowest BCUT2D eigenvalue weighted by molar-refractivity contribution is 0.0533. The molecule has 2 atom stereocenters. The Morgan fingerprint density at radius 3 is 2.86 bits per heavy atom. The number of hydrogen-bond acceptors (Lipinski definition) is 5. The van der Waals surface area contributed by atoms with Gasteiger partial charge in [-0.1, -0.05) is 6.07 Å². The summed E-state index contributed by atoms with van der Waals surface area (Å²) in [5, 5.41) is 12.6. The fraction of sp³-hybridized carbons (Fsp3) is 0.316. The number of nitrogens with zero attached hydrogens (tertiary/aromatic N) is 1. The third-order valence-corrected chi connectivity index (χ3v) is 5.11. The van der Waals surface area contributed by atoms with Gasteiger partial charge in [0.05, 0.1) is 12.0 Å². The minimum Gasteiger partial charge on any atom is -0.503 e. The molecule has 0 saturated carbocycles. The Morgan fingerprint density at radius 2 is 2.11 bits per heavy atom.